The van der Waals surface area contributed by atoms with Crippen LogP contribution in [-0.4, -0.2) is 28.6 Å². The van der Waals surface area contributed by atoms with E-state index in [0.717, 1.165) is 30.4 Å². The summed E-state index contributed by atoms with van der Waals surface area (Å²) in [4.78, 5) is 23.4. The number of carbonyl (C=O) groups is 2. The first-order valence-corrected chi connectivity index (χ1v) is 8.88. The molecule has 0 heterocycles. The lowest BCUT2D eigenvalue weighted by Gasteiger charge is -2.54. The Morgan fingerprint density at radius 2 is 1.96 bits per heavy atom. The number of aliphatic carboxylic acids is 1. The van der Waals surface area contributed by atoms with Crippen molar-refractivity contribution in [2.24, 2.45) is 16.7 Å². The number of aliphatic hydroxyl groups is 1. The van der Waals surface area contributed by atoms with Gasteiger partial charge in [-0.2, -0.15) is 0 Å². The van der Waals surface area contributed by atoms with Crippen LogP contribution >= 0.6 is 0 Å². The summed E-state index contributed by atoms with van der Waals surface area (Å²) in [6.07, 6.45) is 6.30. The minimum Gasteiger partial charge on any atom is -0.478 e. The van der Waals surface area contributed by atoms with Crippen LogP contribution in [0.4, 0.5) is 0 Å². The summed E-state index contributed by atoms with van der Waals surface area (Å²) in [7, 11) is 0. The summed E-state index contributed by atoms with van der Waals surface area (Å²) in [5.41, 5.74) is 2.48. The maximum Gasteiger partial charge on any atom is 0.328 e. The largest absolute Gasteiger partial charge is 0.478 e. The van der Waals surface area contributed by atoms with Gasteiger partial charge in [0.25, 0.3) is 0 Å². The van der Waals surface area contributed by atoms with E-state index < -0.39 is 5.97 Å². The number of ketones is 1. The maximum absolute atomic E-state index is 12.6. The molecule has 4 nitrogen and oxygen atoms in total. The van der Waals surface area contributed by atoms with Crippen molar-refractivity contribution < 1.29 is 19.8 Å². The van der Waals surface area contributed by atoms with Crippen LogP contribution in [-0.2, 0) is 9.59 Å². The molecule has 0 aliphatic heterocycles. The monoisotopic (exact) mass is 334 g/mol. The molecule has 0 saturated heterocycles. The van der Waals surface area contributed by atoms with Gasteiger partial charge in [-0.15, -0.1) is 0 Å². The highest BCUT2D eigenvalue weighted by Gasteiger charge is 2.52. The zero-order valence-corrected chi connectivity index (χ0v) is 15.3. The third-order valence-electron chi connectivity index (χ3n) is 6.31. The quantitative estimate of drug-likeness (QED) is 0.748. The first kappa shape index (κ1) is 18.9. The third kappa shape index (κ3) is 3.49. The highest BCUT2D eigenvalue weighted by Crippen LogP contribution is 2.59. The molecule has 2 aliphatic carbocycles. The molecule has 2 aliphatic rings. The molecule has 0 aromatic rings. The second-order valence-electron chi connectivity index (χ2n) is 8.38. The van der Waals surface area contributed by atoms with Gasteiger partial charge in [0.1, 0.15) is 0 Å². The molecule has 0 aromatic carbocycles. The average molecular weight is 334 g/mol. The molecule has 0 aromatic heterocycles. The lowest BCUT2D eigenvalue weighted by atomic mass is 9.49. The van der Waals surface area contributed by atoms with Crippen LogP contribution in [0.3, 0.4) is 0 Å². The lowest BCUT2D eigenvalue weighted by Crippen LogP contribution is -2.48. The average Bonchev–Trinajstić information content (AvgIpc) is 2.45. The second kappa shape index (κ2) is 6.83. The van der Waals surface area contributed by atoms with Crippen molar-refractivity contribution >= 4 is 11.8 Å². The Labute approximate surface area is 144 Å². The normalized spacial score (nSPS) is 30.3. The molecule has 2 unspecified atom stereocenters. The Morgan fingerprint density at radius 1 is 1.29 bits per heavy atom. The van der Waals surface area contributed by atoms with Crippen LogP contribution in [0, 0.1) is 16.7 Å². The minimum absolute atomic E-state index is 0.0722. The van der Waals surface area contributed by atoms with Crippen LogP contribution in [0.2, 0.25) is 0 Å². The van der Waals surface area contributed by atoms with Crippen molar-refractivity contribution in [2.75, 3.05) is 6.61 Å². The number of Topliss-reactive ketones (excluding diaryl/α,β-unsaturated/α-hetero) is 1. The fraction of sp³-hybridized carbons (Fsp3) is 0.700. The van der Waals surface area contributed by atoms with Crippen molar-refractivity contribution in [2.45, 2.75) is 66.2 Å². The number of rotatable bonds is 5. The molecular formula is C20H30O4. The van der Waals surface area contributed by atoms with E-state index in [-0.39, 0.29) is 23.2 Å². The van der Waals surface area contributed by atoms with E-state index in [1.807, 2.05) is 6.92 Å². The van der Waals surface area contributed by atoms with E-state index in [1.165, 1.54) is 6.08 Å². The number of hydrogen-bond acceptors (Lipinski definition) is 3. The standard InChI is InChI=1S/C20H30O4/c1-13(10-18(23)24)6-7-15-14(12-21)16(22)11-17-19(2,3)8-5-9-20(15,17)4/h10,17,21H,5-9,11-12H2,1-4H3,(H,23,24). The van der Waals surface area contributed by atoms with Gasteiger partial charge >= 0.3 is 5.97 Å². The maximum atomic E-state index is 12.6. The zero-order chi connectivity index (χ0) is 18.1. The van der Waals surface area contributed by atoms with Gasteiger partial charge in [0.05, 0.1) is 6.61 Å². The molecule has 2 rings (SSSR count). The van der Waals surface area contributed by atoms with E-state index in [4.69, 9.17) is 5.11 Å². The SMILES string of the molecule is CC(=CC(=O)O)CCC1=C(CO)C(=O)CC2C(C)(C)CCCC12C. The van der Waals surface area contributed by atoms with Gasteiger partial charge in [0.2, 0.25) is 0 Å². The number of carboxylic acid groups (broad SMARTS) is 1. The van der Waals surface area contributed by atoms with E-state index >= 15 is 0 Å². The number of allylic oxidation sites excluding steroid dienone is 2. The van der Waals surface area contributed by atoms with Crippen molar-refractivity contribution in [3.05, 3.63) is 22.8 Å². The van der Waals surface area contributed by atoms with Gasteiger partial charge in [-0.3, -0.25) is 4.79 Å². The molecule has 4 heteroatoms. The van der Waals surface area contributed by atoms with Crippen LogP contribution in [0.5, 0.6) is 0 Å². The van der Waals surface area contributed by atoms with E-state index in [0.29, 0.717) is 30.8 Å². The van der Waals surface area contributed by atoms with Gasteiger partial charge in [-0.1, -0.05) is 38.3 Å². The molecule has 0 bridgehead atoms. The minimum atomic E-state index is -0.938. The van der Waals surface area contributed by atoms with Gasteiger partial charge < -0.3 is 10.2 Å². The van der Waals surface area contributed by atoms with Gasteiger partial charge in [-0.25, -0.2) is 4.79 Å². The van der Waals surface area contributed by atoms with Gasteiger partial charge in [-0.05, 0) is 49.4 Å². The summed E-state index contributed by atoms with van der Waals surface area (Å²) in [5.74, 6) is -0.573. The lowest BCUT2D eigenvalue weighted by molar-refractivity contribution is -0.131. The highest BCUT2D eigenvalue weighted by atomic mass is 16.4. The fourth-order valence-corrected chi connectivity index (χ4v) is 5.03. The van der Waals surface area contributed by atoms with Crippen LogP contribution in [0.25, 0.3) is 0 Å². The Morgan fingerprint density at radius 3 is 2.54 bits per heavy atom. The summed E-state index contributed by atoms with van der Waals surface area (Å²) >= 11 is 0. The molecule has 1 saturated carbocycles. The molecule has 2 N–H and O–H groups in total. The van der Waals surface area contributed by atoms with Crippen LogP contribution in [0.15, 0.2) is 22.8 Å². The first-order chi connectivity index (χ1) is 11.1. The Bertz CT molecular complexity index is 597. The predicted octanol–water partition coefficient (Wildman–Crippen LogP) is 3.89. The Hall–Kier alpha value is -1.42. The Balaban J connectivity index is 2.39. The van der Waals surface area contributed by atoms with Crippen molar-refractivity contribution in [3.63, 3.8) is 0 Å². The summed E-state index contributed by atoms with van der Waals surface area (Å²) in [6.45, 7) is 8.34. The smallest absolute Gasteiger partial charge is 0.328 e. The highest BCUT2D eigenvalue weighted by molar-refractivity contribution is 5.98. The van der Waals surface area contributed by atoms with Crippen LogP contribution < -0.4 is 0 Å². The molecule has 0 spiro atoms. The van der Waals surface area contributed by atoms with Gasteiger partial charge in [0.15, 0.2) is 5.78 Å². The summed E-state index contributed by atoms with van der Waals surface area (Å²) < 4.78 is 0. The molecule has 0 amide bonds. The summed E-state index contributed by atoms with van der Waals surface area (Å²) in [6, 6.07) is 0. The summed E-state index contributed by atoms with van der Waals surface area (Å²) in [5, 5.41) is 18.7. The number of fused-ring (bicyclic) bond motifs is 1. The third-order valence-corrected chi connectivity index (χ3v) is 6.31. The zero-order valence-electron chi connectivity index (χ0n) is 15.3. The Kier molecular flexibility index (Phi) is 5.38. The molecule has 0 radical (unpaired) electrons. The van der Waals surface area contributed by atoms with E-state index in [1.54, 1.807) is 0 Å². The molecule has 24 heavy (non-hydrogen) atoms. The number of carbonyl (C=O) groups excluding carboxylic acids is 1. The topological polar surface area (TPSA) is 74.6 Å². The second-order valence-corrected chi connectivity index (χ2v) is 8.38. The van der Waals surface area contributed by atoms with Gasteiger partial charge in [0, 0.05) is 18.1 Å². The van der Waals surface area contributed by atoms with Crippen molar-refractivity contribution in [1.29, 1.82) is 0 Å². The molecule has 1 fully saturated rings. The first-order valence-electron chi connectivity index (χ1n) is 8.88. The van der Waals surface area contributed by atoms with Crippen molar-refractivity contribution in [1.82, 2.24) is 0 Å². The number of carboxylic acids is 1. The number of aliphatic hydroxyl groups excluding tert-OH is 1. The van der Waals surface area contributed by atoms with E-state index in [9.17, 15) is 14.7 Å². The van der Waals surface area contributed by atoms with E-state index in [2.05, 4.69) is 20.8 Å². The molecular weight excluding hydrogens is 304 g/mol. The predicted molar refractivity (Wildman–Crippen MR) is 93.6 cm³/mol. The number of hydrogen-bond donors (Lipinski definition) is 2. The fourth-order valence-electron chi connectivity index (χ4n) is 5.03. The van der Waals surface area contributed by atoms with Crippen LogP contribution in [0.1, 0.15) is 66.2 Å². The molecule has 2 atom stereocenters. The molecule has 134 valence electrons. The van der Waals surface area contributed by atoms with Crippen molar-refractivity contribution in [3.8, 4) is 0 Å².